The molecule has 0 saturated heterocycles. The molecule has 0 unspecified atom stereocenters. The van der Waals surface area contributed by atoms with Gasteiger partial charge >= 0.3 is 0 Å². The SMILES string of the molecule is Cc1cnc(C(=O)Nc2nc(-c3ccc(C)s3)cs2)cn1. The van der Waals surface area contributed by atoms with Gasteiger partial charge in [-0.15, -0.1) is 22.7 Å². The molecule has 0 bridgehead atoms. The van der Waals surface area contributed by atoms with E-state index in [-0.39, 0.29) is 11.6 Å². The lowest BCUT2D eigenvalue weighted by Gasteiger charge is -2.00. The number of amides is 1. The van der Waals surface area contributed by atoms with E-state index < -0.39 is 0 Å². The number of hydrogen-bond donors (Lipinski definition) is 1. The van der Waals surface area contributed by atoms with Gasteiger partial charge in [0.15, 0.2) is 5.13 Å². The van der Waals surface area contributed by atoms with Crippen LogP contribution in [0.15, 0.2) is 29.9 Å². The summed E-state index contributed by atoms with van der Waals surface area (Å²) in [7, 11) is 0. The van der Waals surface area contributed by atoms with Gasteiger partial charge in [0.1, 0.15) is 5.69 Å². The van der Waals surface area contributed by atoms with E-state index >= 15 is 0 Å². The molecule has 3 heterocycles. The Balaban J connectivity index is 1.75. The van der Waals surface area contributed by atoms with Gasteiger partial charge in [0.25, 0.3) is 5.91 Å². The van der Waals surface area contributed by atoms with E-state index in [1.165, 1.54) is 22.4 Å². The van der Waals surface area contributed by atoms with Crippen LogP contribution in [0.2, 0.25) is 0 Å². The molecule has 0 aromatic carbocycles. The molecule has 0 fully saturated rings. The van der Waals surface area contributed by atoms with E-state index in [2.05, 4.69) is 33.3 Å². The van der Waals surface area contributed by atoms with Crippen molar-refractivity contribution < 1.29 is 4.79 Å². The maximum absolute atomic E-state index is 12.0. The quantitative estimate of drug-likeness (QED) is 0.802. The average molecular weight is 316 g/mol. The van der Waals surface area contributed by atoms with Crippen molar-refractivity contribution in [3.63, 3.8) is 0 Å². The Hall–Kier alpha value is -2.12. The lowest BCUT2D eigenvalue weighted by Crippen LogP contribution is -2.13. The molecule has 7 heteroatoms. The molecule has 3 aromatic heterocycles. The summed E-state index contributed by atoms with van der Waals surface area (Å²) in [6.45, 7) is 3.88. The predicted molar refractivity (Wildman–Crippen MR) is 84.9 cm³/mol. The lowest BCUT2D eigenvalue weighted by atomic mass is 10.4. The Morgan fingerprint density at radius 2 is 2.05 bits per heavy atom. The first-order valence-corrected chi connectivity index (χ1v) is 7.94. The van der Waals surface area contributed by atoms with Gasteiger partial charge in [-0.3, -0.25) is 15.1 Å². The first-order valence-electron chi connectivity index (χ1n) is 6.24. The van der Waals surface area contributed by atoms with E-state index in [9.17, 15) is 4.79 Å². The highest BCUT2D eigenvalue weighted by atomic mass is 32.1. The van der Waals surface area contributed by atoms with E-state index in [4.69, 9.17) is 0 Å². The summed E-state index contributed by atoms with van der Waals surface area (Å²) in [6.07, 6.45) is 3.03. The number of rotatable bonds is 3. The molecule has 106 valence electrons. The van der Waals surface area contributed by atoms with Crippen LogP contribution < -0.4 is 5.32 Å². The molecule has 1 N–H and O–H groups in total. The minimum Gasteiger partial charge on any atom is -0.296 e. The highest BCUT2D eigenvalue weighted by Crippen LogP contribution is 2.30. The molecule has 0 aliphatic heterocycles. The third-order valence-electron chi connectivity index (χ3n) is 2.73. The van der Waals surface area contributed by atoms with E-state index in [0.717, 1.165) is 16.3 Å². The molecule has 0 radical (unpaired) electrons. The Morgan fingerprint density at radius 3 is 2.71 bits per heavy atom. The first-order chi connectivity index (χ1) is 10.1. The first kappa shape index (κ1) is 13.8. The molecule has 0 aliphatic carbocycles. The summed E-state index contributed by atoms with van der Waals surface area (Å²) in [5.41, 5.74) is 1.93. The number of carbonyl (C=O) groups excluding carboxylic acids is 1. The summed E-state index contributed by atoms with van der Waals surface area (Å²) in [4.78, 5) is 26.9. The smallest absolute Gasteiger partial charge is 0.277 e. The highest BCUT2D eigenvalue weighted by Gasteiger charge is 2.12. The molecule has 0 atom stereocenters. The van der Waals surface area contributed by atoms with E-state index in [1.807, 2.05) is 18.4 Å². The minimum atomic E-state index is -0.300. The van der Waals surface area contributed by atoms with Crippen molar-refractivity contribution in [2.75, 3.05) is 5.32 Å². The molecule has 21 heavy (non-hydrogen) atoms. The Morgan fingerprint density at radius 1 is 1.19 bits per heavy atom. The molecule has 3 aromatic rings. The largest absolute Gasteiger partial charge is 0.296 e. The summed E-state index contributed by atoms with van der Waals surface area (Å²) in [5, 5.41) is 5.24. The number of carbonyl (C=O) groups is 1. The molecule has 0 aliphatic rings. The third-order valence-corrected chi connectivity index (χ3v) is 4.51. The summed E-state index contributed by atoms with van der Waals surface area (Å²) >= 11 is 3.08. The zero-order valence-electron chi connectivity index (χ0n) is 11.5. The van der Waals surface area contributed by atoms with Crippen molar-refractivity contribution in [2.24, 2.45) is 0 Å². The number of hydrogen-bond acceptors (Lipinski definition) is 6. The van der Waals surface area contributed by atoms with Crippen molar-refractivity contribution in [1.29, 1.82) is 0 Å². The van der Waals surface area contributed by atoms with Crippen LogP contribution >= 0.6 is 22.7 Å². The van der Waals surface area contributed by atoms with E-state index in [0.29, 0.717) is 5.13 Å². The van der Waals surface area contributed by atoms with Gasteiger partial charge in [-0.05, 0) is 26.0 Å². The Kier molecular flexibility index (Phi) is 3.76. The van der Waals surface area contributed by atoms with Crippen LogP contribution in [-0.2, 0) is 0 Å². The Labute approximate surface area is 129 Å². The number of aromatic nitrogens is 3. The molecular weight excluding hydrogens is 304 g/mol. The number of thiophene rings is 1. The zero-order chi connectivity index (χ0) is 14.8. The van der Waals surface area contributed by atoms with Crippen molar-refractivity contribution in [3.8, 4) is 10.6 Å². The number of anilines is 1. The van der Waals surface area contributed by atoms with Gasteiger partial charge in [-0.2, -0.15) is 0 Å². The van der Waals surface area contributed by atoms with Gasteiger partial charge in [-0.25, -0.2) is 9.97 Å². The number of aryl methyl sites for hydroxylation is 2. The van der Waals surface area contributed by atoms with Gasteiger partial charge in [0.2, 0.25) is 0 Å². The second-order valence-electron chi connectivity index (χ2n) is 4.45. The highest BCUT2D eigenvalue weighted by molar-refractivity contribution is 7.17. The fraction of sp³-hybridized carbons (Fsp3) is 0.143. The van der Waals surface area contributed by atoms with Gasteiger partial charge < -0.3 is 0 Å². The minimum absolute atomic E-state index is 0.282. The van der Waals surface area contributed by atoms with Crippen molar-refractivity contribution in [1.82, 2.24) is 15.0 Å². The van der Waals surface area contributed by atoms with Crippen LogP contribution in [0.1, 0.15) is 21.1 Å². The molecule has 5 nitrogen and oxygen atoms in total. The fourth-order valence-electron chi connectivity index (χ4n) is 1.69. The molecular formula is C14H12N4OS2. The van der Waals surface area contributed by atoms with Gasteiger partial charge in [-0.1, -0.05) is 0 Å². The van der Waals surface area contributed by atoms with Crippen molar-refractivity contribution in [3.05, 3.63) is 46.2 Å². The maximum atomic E-state index is 12.0. The van der Waals surface area contributed by atoms with Crippen LogP contribution in [0.25, 0.3) is 10.6 Å². The van der Waals surface area contributed by atoms with Crippen molar-refractivity contribution in [2.45, 2.75) is 13.8 Å². The molecule has 0 saturated carbocycles. The topological polar surface area (TPSA) is 67.8 Å². The molecule has 0 spiro atoms. The normalized spacial score (nSPS) is 10.6. The average Bonchev–Trinajstić information content (AvgIpc) is 3.08. The predicted octanol–water partition coefficient (Wildman–Crippen LogP) is 3.53. The summed E-state index contributed by atoms with van der Waals surface area (Å²) in [6, 6.07) is 4.09. The Bertz CT molecular complexity index is 776. The van der Waals surface area contributed by atoms with Crippen LogP contribution in [0, 0.1) is 13.8 Å². The van der Waals surface area contributed by atoms with Crippen LogP contribution in [0.4, 0.5) is 5.13 Å². The molecule has 3 rings (SSSR count). The maximum Gasteiger partial charge on any atom is 0.277 e. The number of nitrogens with zero attached hydrogens (tertiary/aromatic N) is 3. The second kappa shape index (κ2) is 5.71. The summed E-state index contributed by atoms with van der Waals surface area (Å²) in [5.74, 6) is -0.300. The standard InChI is InChI=1S/C14H12N4OS2/c1-8-5-16-10(6-15-8)13(19)18-14-17-11(7-20-14)12-4-3-9(2)21-12/h3-7H,1-2H3,(H,17,18,19). The summed E-state index contributed by atoms with van der Waals surface area (Å²) < 4.78 is 0. The van der Waals surface area contributed by atoms with Crippen LogP contribution in [0.5, 0.6) is 0 Å². The molecule has 1 amide bonds. The zero-order valence-corrected chi connectivity index (χ0v) is 13.1. The van der Waals surface area contributed by atoms with Gasteiger partial charge in [0, 0.05) is 16.5 Å². The second-order valence-corrected chi connectivity index (χ2v) is 6.59. The number of thiazole rings is 1. The van der Waals surface area contributed by atoms with Crippen LogP contribution in [-0.4, -0.2) is 20.9 Å². The van der Waals surface area contributed by atoms with Gasteiger partial charge in [0.05, 0.1) is 22.5 Å². The fourth-order valence-corrected chi connectivity index (χ4v) is 3.30. The third kappa shape index (κ3) is 3.14. The number of nitrogens with one attached hydrogen (secondary N) is 1. The lowest BCUT2D eigenvalue weighted by molar-refractivity contribution is 0.102. The monoisotopic (exact) mass is 316 g/mol. The van der Waals surface area contributed by atoms with Crippen LogP contribution in [0.3, 0.4) is 0 Å². The van der Waals surface area contributed by atoms with Crippen molar-refractivity contribution >= 4 is 33.7 Å². The van der Waals surface area contributed by atoms with E-state index in [1.54, 1.807) is 17.5 Å².